The molecular formula is C20H26ClN3O6. The summed E-state index contributed by atoms with van der Waals surface area (Å²) in [5.41, 5.74) is -0.699. The minimum absolute atomic E-state index is 0.130. The molecule has 3 aliphatic rings. The molecule has 4 atom stereocenters. The highest BCUT2D eigenvalue weighted by molar-refractivity contribution is 6.83. The molecule has 0 N–H and O–H groups in total. The first-order valence-corrected chi connectivity index (χ1v) is 9.98. The first-order chi connectivity index (χ1) is 14.1. The third-order valence-electron chi connectivity index (χ3n) is 4.73. The van der Waals surface area contributed by atoms with E-state index in [1.165, 1.54) is 12.0 Å². The molecule has 3 rings (SSSR count). The lowest BCUT2D eigenvalue weighted by Crippen LogP contribution is -2.44. The summed E-state index contributed by atoms with van der Waals surface area (Å²) in [7, 11) is 2.85. The number of carbonyl (C=O) groups is 2. The number of halogens is 1. The Morgan fingerprint density at radius 1 is 1.20 bits per heavy atom. The van der Waals surface area contributed by atoms with E-state index in [2.05, 4.69) is 9.98 Å². The summed E-state index contributed by atoms with van der Waals surface area (Å²) < 4.78 is 21.5. The number of esters is 1. The maximum absolute atomic E-state index is 12.6. The van der Waals surface area contributed by atoms with Crippen LogP contribution in [0.4, 0.5) is 4.79 Å². The summed E-state index contributed by atoms with van der Waals surface area (Å²) >= 11 is 6.28. The summed E-state index contributed by atoms with van der Waals surface area (Å²) in [6.07, 6.45) is 4.60. The molecular weight excluding hydrogens is 414 g/mol. The van der Waals surface area contributed by atoms with Crippen LogP contribution in [0, 0.1) is 0 Å². The lowest BCUT2D eigenvalue weighted by molar-refractivity contribution is -0.145. The SMILES string of the molecule is COC(=O)[C@@H]1C[C@@H](OC2=NC3C=C(OC)C=CC3N=C2Cl)CN1C(=O)OC(C)(C)C. The van der Waals surface area contributed by atoms with Crippen molar-refractivity contribution < 1.29 is 28.5 Å². The molecule has 0 radical (unpaired) electrons. The van der Waals surface area contributed by atoms with Crippen LogP contribution in [-0.2, 0) is 23.7 Å². The van der Waals surface area contributed by atoms with Gasteiger partial charge in [-0.15, -0.1) is 0 Å². The number of rotatable bonds is 3. The maximum atomic E-state index is 12.6. The van der Waals surface area contributed by atoms with Gasteiger partial charge in [0.25, 0.3) is 0 Å². The predicted octanol–water partition coefficient (Wildman–Crippen LogP) is 2.44. The van der Waals surface area contributed by atoms with Crippen molar-refractivity contribution in [1.29, 1.82) is 0 Å². The van der Waals surface area contributed by atoms with Crippen molar-refractivity contribution in [2.24, 2.45) is 9.98 Å². The Morgan fingerprint density at radius 3 is 2.57 bits per heavy atom. The van der Waals surface area contributed by atoms with Crippen LogP contribution in [0.1, 0.15) is 27.2 Å². The van der Waals surface area contributed by atoms with E-state index in [0.717, 1.165) is 0 Å². The summed E-state index contributed by atoms with van der Waals surface area (Å²) in [5.74, 6) is 0.303. The highest BCUT2D eigenvalue weighted by atomic mass is 35.5. The molecule has 0 spiro atoms. The monoisotopic (exact) mass is 439 g/mol. The van der Waals surface area contributed by atoms with Crippen LogP contribution in [0.5, 0.6) is 0 Å². The molecule has 2 unspecified atom stereocenters. The summed E-state index contributed by atoms with van der Waals surface area (Å²) in [6.45, 7) is 5.40. The largest absolute Gasteiger partial charge is 0.497 e. The molecule has 1 aliphatic carbocycles. The van der Waals surface area contributed by atoms with Crippen molar-refractivity contribution in [3.63, 3.8) is 0 Å². The molecule has 0 aromatic carbocycles. The van der Waals surface area contributed by atoms with Crippen LogP contribution >= 0.6 is 11.6 Å². The van der Waals surface area contributed by atoms with E-state index in [4.69, 9.17) is 30.5 Å². The molecule has 30 heavy (non-hydrogen) atoms. The van der Waals surface area contributed by atoms with Gasteiger partial charge in [-0.1, -0.05) is 17.7 Å². The first kappa shape index (κ1) is 22.1. The van der Waals surface area contributed by atoms with Crippen LogP contribution < -0.4 is 0 Å². The zero-order valence-electron chi connectivity index (χ0n) is 17.6. The number of fused-ring (bicyclic) bond motifs is 1. The van der Waals surface area contributed by atoms with Gasteiger partial charge in [0.15, 0.2) is 5.17 Å². The number of aliphatic imine (C=N–C) groups is 2. The zero-order chi connectivity index (χ0) is 22.1. The molecule has 1 saturated heterocycles. The molecule has 0 bridgehead atoms. The maximum Gasteiger partial charge on any atom is 0.411 e. The smallest absolute Gasteiger partial charge is 0.411 e. The summed E-state index contributed by atoms with van der Waals surface area (Å²) in [4.78, 5) is 35.1. The highest BCUT2D eigenvalue weighted by Gasteiger charge is 2.44. The van der Waals surface area contributed by atoms with Crippen molar-refractivity contribution in [1.82, 2.24) is 4.90 Å². The van der Waals surface area contributed by atoms with Gasteiger partial charge in [-0.25, -0.2) is 14.6 Å². The Labute approximate surface area is 180 Å². The lowest BCUT2D eigenvalue weighted by Gasteiger charge is -2.27. The van der Waals surface area contributed by atoms with Crippen molar-refractivity contribution in [2.45, 2.75) is 57.0 Å². The first-order valence-electron chi connectivity index (χ1n) is 9.61. The van der Waals surface area contributed by atoms with Crippen molar-refractivity contribution >= 4 is 34.7 Å². The molecule has 1 amide bonds. The number of allylic oxidation sites excluding steroid dienone is 1. The van der Waals surface area contributed by atoms with Gasteiger partial charge in [0.2, 0.25) is 5.90 Å². The fourth-order valence-electron chi connectivity index (χ4n) is 3.38. The zero-order valence-corrected chi connectivity index (χ0v) is 18.4. The van der Waals surface area contributed by atoms with E-state index < -0.39 is 29.8 Å². The second-order valence-electron chi connectivity index (χ2n) is 8.11. The van der Waals surface area contributed by atoms with Gasteiger partial charge in [0, 0.05) is 6.42 Å². The fourth-order valence-corrected chi connectivity index (χ4v) is 3.58. The molecule has 10 heteroatoms. The molecule has 164 valence electrons. The van der Waals surface area contributed by atoms with Gasteiger partial charge < -0.3 is 18.9 Å². The summed E-state index contributed by atoms with van der Waals surface area (Å²) in [5, 5.41) is 0.139. The minimum atomic E-state index is -0.819. The fraction of sp³-hybridized carbons (Fsp3) is 0.600. The topological polar surface area (TPSA) is 99.0 Å². The van der Waals surface area contributed by atoms with Gasteiger partial charge in [0.05, 0.1) is 26.8 Å². The Kier molecular flexibility index (Phi) is 6.40. The quantitative estimate of drug-likeness (QED) is 0.626. The number of ether oxygens (including phenoxy) is 4. The van der Waals surface area contributed by atoms with E-state index in [0.29, 0.717) is 5.76 Å². The minimum Gasteiger partial charge on any atom is -0.497 e. The lowest BCUT2D eigenvalue weighted by atomic mass is 10.0. The van der Waals surface area contributed by atoms with Crippen molar-refractivity contribution in [2.75, 3.05) is 20.8 Å². The highest BCUT2D eigenvalue weighted by Crippen LogP contribution is 2.27. The van der Waals surface area contributed by atoms with Crippen molar-refractivity contribution in [3.8, 4) is 0 Å². The number of methoxy groups -OCH3 is 2. The number of hydrogen-bond donors (Lipinski definition) is 0. The Hall–Kier alpha value is -2.55. The average molecular weight is 440 g/mol. The van der Waals surface area contributed by atoms with E-state index in [1.807, 2.05) is 18.2 Å². The van der Waals surface area contributed by atoms with Gasteiger partial charge in [-0.2, -0.15) is 0 Å². The third-order valence-corrected chi connectivity index (χ3v) is 4.99. The van der Waals surface area contributed by atoms with Crippen LogP contribution in [0.3, 0.4) is 0 Å². The number of carbonyl (C=O) groups excluding carboxylic acids is 2. The average Bonchev–Trinajstić information content (AvgIpc) is 3.10. The third kappa shape index (κ3) is 4.95. The van der Waals surface area contributed by atoms with Gasteiger partial charge in [0.1, 0.15) is 29.5 Å². The summed E-state index contributed by atoms with van der Waals surface area (Å²) in [6, 6.07) is -1.35. The predicted molar refractivity (Wildman–Crippen MR) is 111 cm³/mol. The molecule has 2 heterocycles. The standard InChI is InChI=1S/C20H26ClN3O6/c1-20(2,3)30-19(26)24-10-12(9-15(24)18(25)28-5)29-17-16(21)22-13-7-6-11(27-4)8-14(13)23-17/h6-8,12-15H,9-10H2,1-5H3/t12-,13?,14?,15+/m1/s1. The number of amides is 1. The van der Waals surface area contributed by atoms with Crippen molar-refractivity contribution in [3.05, 3.63) is 24.0 Å². The van der Waals surface area contributed by atoms with Crippen LogP contribution in [-0.4, -0.2) is 78.6 Å². The van der Waals surface area contributed by atoms with E-state index in [9.17, 15) is 9.59 Å². The number of nitrogens with zero attached hydrogens (tertiary/aromatic N) is 3. The Bertz CT molecular complexity index is 829. The molecule has 2 aliphatic heterocycles. The molecule has 0 saturated carbocycles. The van der Waals surface area contributed by atoms with Crippen LogP contribution in [0.25, 0.3) is 0 Å². The number of likely N-dealkylation sites (tertiary alicyclic amines) is 1. The van der Waals surface area contributed by atoms with Gasteiger partial charge in [-0.3, -0.25) is 9.89 Å². The number of hydrogen-bond acceptors (Lipinski definition) is 8. The van der Waals surface area contributed by atoms with E-state index in [1.54, 1.807) is 27.9 Å². The van der Waals surface area contributed by atoms with Crippen LogP contribution in [0.15, 0.2) is 34.0 Å². The molecule has 0 aromatic rings. The second kappa shape index (κ2) is 8.67. The van der Waals surface area contributed by atoms with Gasteiger partial charge in [-0.05, 0) is 32.9 Å². The second-order valence-corrected chi connectivity index (χ2v) is 8.47. The Balaban J connectivity index is 1.75. The molecule has 9 nitrogen and oxygen atoms in total. The van der Waals surface area contributed by atoms with Gasteiger partial charge >= 0.3 is 12.1 Å². The molecule has 0 aromatic heterocycles. The van der Waals surface area contributed by atoms with E-state index in [-0.39, 0.29) is 36.1 Å². The van der Waals surface area contributed by atoms with Crippen LogP contribution in [0.2, 0.25) is 0 Å². The molecule has 1 fully saturated rings. The Morgan fingerprint density at radius 2 is 1.93 bits per heavy atom. The normalized spacial score (nSPS) is 28.1. The van der Waals surface area contributed by atoms with E-state index >= 15 is 0 Å².